The number of carbonyl (C=O) groups excluding carboxylic acids is 2. The average molecular weight is 564 g/mol. The van der Waals surface area contributed by atoms with Gasteiger partial charge in [0.15, 0.2) is 0 Å². The predicted molar refractivity (Wildman–Crippen MR) is 130 cm³/mol. The third-order valence-electron chi connectivity index (χ3n) is 5.72. The van der Waals surface area contributed by atoms with E-state index < -0.39 is 23.2 Å². The number of halogens is 4. The van der Waals surface area contributed by atoms with Crippen LogP contribution in [-0.2, 0) is 24.6 Å². The first kappa shape index (κ1) is 25.4. The van der Waals surface area contributed by atoms with Crippen LogP contribution in [0.15, 0.2) is 64.1 Å². The van der Waals surface area contributed by atoms with Gasteiger partial charge in [-0.05, 0) is 49.2 Å². The van der Waals surface area contributed by atoms with E-state index in [0.29, 0.717) is 28.7 Å². The molecular formula is C24H21BrF3N5O3. The van der Waals surface area contributed by atoms with Crippen molar-refractivity contribution >= 4 is 39.1 Å². The van der Waals surface area contributed by atoms with Gasteiger partial charge >= 0.3 is 6.18 Å². The van der Waals surface area contributed by atoms with Crippen LogP contribution in [0.3, 0.4) is 0 Å². The van der Waals surface area contributed by atoms with E-state index in [4.69, 9.17) is 0 Å². The van der Waals surface area contributed by atoms with Crippen molar-refractivity contribution in [2.75, 3.05) is 5.32 Å². The second-order valence-electron chi connectivity index (χ2n) is 8.43. The minimum absolute atomic E-state index is 0.0642. The number of anilines is 2. The van der Waals surface area contributed by atoms with Crippen LogP contribution >= 0.6 is 15.9 Å². The lowest BCUT2D eigenvalue weighted by molar-refractivity contribution is -0.137. The maximum atomic E-state index is 13.3. The number of hydrogen-bond acceptors (Lipinski definition) is 5. The van der Waals surface area contributed by atoms with E-state index in [1.165, 1.54) is 41.2 Å². The first-order valence-corrected chi connectivity index (χ1v) is 11.6. The summed E-state index contributed by atoms with van der Waals surface area (Å²) in [4.78, 5) is 41.2. The van der Waals surface area contributed by atoms with Crippen LogP contribution in [0.25, 0.3) is 0 Å². The van der Waals surface area contributed by atoms with Crippen molar-refractivity contribution < 1.29 is 22.8 Å². The fraction of sp³-hybridized carbons (Fsp3) is 0.250. The Hall–Kier alpha value is -3.67. The highest BCUT2D eigenvalue weighted by Gasteiger charge is 2.51. The van der Waals surface area contributed by atoms with E-state index in [1.807, 2.05) is 0 Å². The molecule has 0 unspecified atom stereocenters. The molecule has 0 atom stereocenters. The number of amides is 2. The first-order valence-electron chi connectivity index (χ1n) is 10.8. The molecule has 1 saturated carbocycles. The largest absolute Gasteiger partial charge is 0.418 e. The molecule has 188 valence electrons. The van der Waals surface area contributed by atoms with Gasteiger partial charge < -0.3 is 20.5 Å². The number of carbonyl (C=O) groups is 2. The maximum absolute atomic E-state index is 13.3. The molecule has 12 heteroatoms. The highest BCUT2D eigenvalue weighted by Crippen LogP contribution is 2.38. The summed E-state index contributed by atoms with van der Waals surface area (Å²) < 4.78 is 41.6. The van der Waals surface area contributed by atoms with Crippen LogP contribution in [0.1, 0.15) is 34.5 Å². The monoisotopic (exact) mass is 563 g/mol. The summed E-state index contributed by atoms with van der Waals surface area (Å²) in [7, 11) is 1.57. The topological polar surface area (TPSA) is 105 Å². The van der Waals surface area contributed by atoms with Gasteiger partial charge in [-0.3, -0.25) is 19.4 Å². The zero-order valence-electron chi connectivity index (χ0n) is 18.9. The number of rotatable bonds is 7. The third-order valence-corrected chi connectivity index (χ3v) is 6.22. The van der Waals surface area contributed by atoms with Crippen LogP contribution in [0.5, 0.6) is 0 Å². The predicted octanol–water partition coefficient (Wildman–Crippen LogP) is 3.88. The van der Waals surface area contributed by atoms with Gasteiger partial charge in [0.25, 0.3) is 11.5 Å². The van der Waals surface area contributed by atoms with E-state index in [2.05, 4.69) is 36.9 Å². The van der Waals surface area contributed by atoms with Gasteiger partial charge in [-0.15, -0.1) is 0 Å². The summed E-state index contributed by atoms with van der Waals surface area (Å²) in [6, 6.07) is 9.64. The third kappa shape index (κ3) is 5.76. The number of aromatic nitrogens is 2. The summed E-state index contributed by atoms with van der Waals surface area (Å²) in [5, 5.41) is 8.14. The zero-order chi connectivity index (χ0) is 26.1. The van der Waals surface area contributed by atoms with Crippen molar-refractivity contribution in [1.82, 2.24) is 20.2 Å². The van der Waals surface area contributed by atoms with Crippen LogP contribution in [0, 0.1) is 0 Å². The van der Waals surface area contributed by atoms with Crippen molar-refractivity contribution in [2.45, 2.75) is 31.1 Å². The van der Waals surface area contributed by atoms with Gasteiger partial charge in [-0.25, -0.2) is 0 Å². The van der Waals surface area contributed by atoms with Crippen LogP contribution in [0.4, 0.5) is 24.5 Å². The van der Waals surface area contributed by atoms with Crippen LogP contribution < -0.4 is 21.5 Å². The average Bonchev–Trinajstić information content (AvgIpc) is 3.61. The molecule has 1 fully saturated rings. The second-order valence-corrected chi connectivity index (χ2v) is 9.35. The molecule has 0 aliphatic heterocycles. The van der Waals surface area contributed by atoms with Crippen molar-refractivity contribution in [1.29, 1.82) is 0 Å². The Balaban J connectivity index is 1.35. The highest BCUT2D eigenvalue weighted by atomic mass is 79.9. The Morgan fingerprint density at radius 3 is 2.50 bits per heavy atom. The molecule has 0 saturated heterocycles. The summed E-state index contributed by atoms with van der Waals surface area (Å²) in [6.07, 6.45) is -0.773. The lowest BCUT2D eigenvalue weighted by Crippen LogP contribution is -2.49. The zero-order valence-corrected chi connectivity index (χ0v) is 20.5. The summed E-state index contributed by atoms with van der Waals surface area (Å²) in [6.45, 7) is 0.0642. The molecule has 1 aliphatic carbocycles. The van der Waals surface area contributed by atoms with Crippen molar-refractivity contribution in [2.24, 2.45) is 7.05 Å². The van der Waals surface area contributed by atoms with Gasteiger partial charge in [0.1, 0.15) is 5.54 Å². The minimum atomic E-state index is -4.53. The lowest BCUT2D eigenvalue weighted by Gasteiger charge is -2.17. The van der Waals surface area contributed by atoms with E-state index in [9.17, 15) is 27.6 Å². The Morgan fingerprint density at radius 2 is 1.89 bits per heavy atom. The van der Waals surface area contributed by atoms with E-state index in [1.54, 1.807) is 19.2 Å². The molecule has 2 heterocycles. The summed E-state index contributed by atoms with van der Waals surface area (Å²) in [5.41, 5.74) is -1.32. The molecule has 0 bridgehead atoms. The van der Waals surface area contributed by atoms with Crippen molar-refractivity contribution in [3.63, 3.8) is 0 Å². The molecular weight excluding hydrogens is 543 g/mol. The highest BCUT2D eigenvalue weighted by molar-refractivity contribution is 9.10. The molecule has 3 N–H and O–H groups in total. The molecule has 36 heavy (non-hydrogen) atoms. The number of pyridine rings is 2. The molecule has 0 spiro atoms. The SMILES string of the molecule is Cn1ccc(C(=O)NC2(C(=O)NCc3ccc(Nc4ccc(Br)cc4C(F)(F)F)cn3)CC2)cc1=O. The van der Waals surface area contributed by atoms with Gasteiger partial charge in [0.05, 0.1) is 35.4 Å². The van der Waals surface area contributed by atoms with Gasteiger partial charge in [-0.1, -0.05) is 15.9 Å². The maximum Gasteiger partial charge on any atom is 0.418 e. The molecule has 4 rings (SSSR count). The van der Waals surface area contributed by atoms with Crippen LogP contribution in [0.2, 0.25) is 0 Å². The van der Waals surface area contributed by atoms with Gasteiger partial charge in [0.2, 0.25) is 5.91 Å². The molecule has 1 aromatic carbocycles. The molecule has 2 amide bonds. The number of nitrogens with one attached hydrogen (secondary N) is 3. The normalized spacial score (nSPS) is 14.1. The fourth-order valence-corrected chi connectivity index (χ4v) is 3.83. The molecule has 2 aromatic heterocycles. The number of nitrogens with zero attached hydrogens (tertiary/aromatic N) is 2. The number of benzene rings is 1. The first-order chi connectivity index (χ1) is 17.0. The Kier molecular flexibility index (Phi) is 6.90. The smallest absolute Gasteiger partial charge is 0.354 e. The second kappa shape index (κ2) is 9.76. The van der Waals surface area contributed by atoms with E-state index >= 15 is 0 Å². The molecule has 3 aromatic rings. The molecule has 8 nitrogen and oxygen atoms in total. The van der Waals surface area contributed by atoms with Crippen molar-refractivity contribution in [3.05, 3.63) is 86.5 Å². The number of alkyl halides is 3. The summed E-state index contributed by atoms with van der Waals surface area (Å²) >= 11 is 3.05. The standard InChI is InChI=1S/C24H21BrF3N5O3/c1-33-9-6-14(10-20(33)34)21(35)32-23(7-8-23)22(36)30-12-16-3-4-17(13-29-16)31-19-5-2-15(25)11-18(19)24(26,27)28/h2-6,9-11,13,31H,7-8,12H2,1H3,(H,30,36)(H,32,35). The molecule has 0 radical (unpaired) electrons. The quantitative estimate of drug-likeness (QED) is 0.404. The van der Waals surface area contributed by atoms with Crippen molar-refractivity contribution in [3.8, 4) is 0 Å². The Morgan fingerprint density at radius 1 is 1.14 bits per heavy atom. The molecule has 1 aliphatic rings. The van der Waals surface area contributed by atoms with Gasteiger partial charge in [0, 0.05) is 29.3 Å². The van der Waals surface area contributed by atoms with E-state index in [-0.39, 0.29) is 29.3 Å². The summed E-state index contributed by atoms with van der Waals surface area (Å²) in [5.74, 6) is -0.895. The number of hydrogen-bond donors (Lipinski definition) is 3. The Labute approximate surface area is 212 Å². The minimum Gasteiger partial charge on any atom is -0.354 e. The Bertz CT molecular complexity index is 1370. The van der Waals surface area contributed by atoms with E-state index in [0.717, 1.165) is 6.07 Å². The van der Waals surface area contributed by atoms with Gasteiger partial charge in [-0.2, -0.15) is 13.2 Å². The lowest BCUT2D eigenvalue weighted by atomic mass is 10.1. The van der Waals surface area contributed by atoms with Crippen LogP contribution in [-0.4, -0.2) is 26.9 Å². The fourth-order valence-electron chi connectivity index (χ4n) is 3.47. The number of aryl methyl sites for hydroxylation is 1.